The SMILES string of the molecule is CC(CCS)CCOc1ccccc1C(C)C. The summed E-state index contributed by atoms with van der Waals surface area (Å²) in [6, 6.07) is 8.33. The van der Waals surface area contributed by atoms with Gasteiger partial charge in [0.15, 0.2) is 0 Å². The van der Waals surface area contributed by atoms with Gasteiger partial charge >= 0.3 is 0 Å². The lowest BCUT2D eigenvalue weighted by Gasteiger charge is -2.15. The number of benzene rings is 1. The first-order chi connectivity index (χ1) is 8.15. The fraction of sp³-hybridized carbons (Fsp3) is 0.600. The molecular formula is C15H24OS. The lowest BCUT2D eigenvalue weighted by atomic mass is 10.0. The third-order valence-electron chi connectivity index (χ3n) is 3.03. The fourth-order valence-electron chi connectivity index (χ4n) is 1.82. The predicted molar refractivity (Wildman–Crippen MR) is 78.3 cm³/mol. The minimum Gasteiger partial charge on any atom is -0.493 e. The highest BCUT2D eigenvalue weighted by Gasteiger charge is 2.07. The zero-order valence-electron chi connectivity index (χ0n) is 11.1. The molecule has 0 fully saturated rings. The number of hydrogen-bond donors (Lipinski definition) is 1. The number of hydrogen-bond acceptors (Lipinski definition) is 2. The van der Waals surface area contributed by atoms with E-state index in [1.807, 2.05) is 6.07 Å². The van der Waals surface area contributed by atoms with E-state index in [9.17, 15) is 0 Å². The molecule has 0 amide bonds. The predicted octanol–water partition coefficient (Wildman–Crippen LogP) is 4.53. The van der Waals surface area contributed by atoms with Crippen molar-refractivity contribution in [3.8, 4) is 5.75 Å². The van der Waals surface area contributed by atoms with Crippen LogP contribution in [0.15, 0.2) is 24.3 Å². The van der Waals surface area contributed by atoms with Crippen LogP contribution in [0.2, 0.25) is 0 Å². The summed E-state index contributed by atoms with van der Waals surface area (Å²) in [5, 5.41) is 0. The van der Waals surface area contributed by atoms with Crippen molar-refractivity contribution in [2.24, 2.45) is 5.92 Å². The van der Waals surface area contributed by atoms with Crippen molar-refractivity contribution in [3.05, 3.63) is 29.8 Å². The highest BCUT2D eigenvalue weighted by molar-refractivity contribution is 7.80. The highest BCUT2D eigenvalue weighted by atomic mass is 32.1. The van der Waals surface area contributed by atoms with E-state index in [0.29, 0.717) is 11.8 Å². The van der Waals surface area contributed by atoms with Crippen LogP contribution in [0.3, 0.4) is 0 Å². The summed E-state index contributed by atoms with van der Waals surface area (Å²) in [5.74, 6) is 3.21. The summed E-state index contributed by atoms with van der Waals surface area (Å²) in [6.45, 7) is 7.46. The first kappa shape index (κ1) is 14.4. The maximum absolute atomic E-state index is 5.89. The van der Waals surface area contributed by atoms with Crippen molar-refractivity contribution in [1.82, 2.24) is 0 Å². The fourth-order valence-corrected chi connectivity index (χ4v) is 2.26. The Morgan fingerprint density at radius 2 is 1.82 bits per heavy atom. The maximum atomic E-state index is 5.89. The van der Waals surface area contributed by atoms with Gasteiger partial charge in [-0.2, -0.15) is 12.6 Å². The molecule has 0 radical (unpaired) electrons. The summed E-state index contributed by atoms with van der Waals surface area (Å²) in [6.07, 6.45) is 2.27. The van der Waals surface area contributed by atoms with Crippen LogP contribution in [0.1, 0.15) is 45.1 Å². The summed E-state index contributed by atoms with van der Waals surface area (Å²) < 4.78 is 5.89. The molecule has 1 atom stereocenters. The molecule has 0 aliphatic rings. The smallest absolute Gasteiger partial charge is 0.122 e. The molecule has 0 N–H and O–H groups in total. The van der Waals surface area contributed by atoms with Crippen LogP contribution < -0.4 is 4.74 Å². The van der Waals surface area contributed by atoms with E-state index >= 15 is 0 Å². The summed E-state index contributed by atoms with van der Waals surface area (Å²) in [5.41, 5.74) is 1.30. The second-order valence-electron chi connectivity index (χ2n) is 4.95. The van der Waals surface area contributed by atoms with Gasteiger partial charge in [-0.1, -0.05) is 39.0 Å². The number of ether oxygens (including phenoxy) is 1. The standard InChI is InChI=1S/C15H24OS/c1-12(2)14-6-4-5-7-15(14)16-10-8-13(3)9-11-17/h4-7,12-13,17H,8-11H2,1-3H3. The minimum atomic E-state index is 0.515. The van der Waals surface area contributed by atoms with E-state index in [2.05, 4.69) is 51.6 Å². The van der Waals surface area contributed by atoms with Crippen molar-refractivity contribution in [2.45, 2.75) is 39.5 Å². The third kappa shape index (κ3) is 5.03. The van der Waals surface area contributed by atoms with Crippen LogP contribution in [-0.2, 0) is 0 Å². The maximum Gasteiger partial charge on any atom is 0.122 e. The van der Waals surface area contributed by atoms with E-state index in [4.69, 9.17) is 4.74 Å². The molecule has 17 heavy (non-hydrogen) atoms. The zero-order valence-corrected chi connectivity index (χ0v) is 12.0. The van der Waals surface area contributed by atoms with Gasteiger partial charge in [0.25, 0.3) is 0 Å². The monoisotopic (exact) mass is 252 g/mol. The van der Waals surface area contributed by atoms with Gasteiger partial charge in [-0.3, -0.25) is 0 Å². The lowest BCUT2D eigenvalue weighted by molar-refractivity contribution is 0.279. The molecule has 2 heteroatoms. The average Bonchev–Trinajstić information content (AvgIpc) is 2.30. The van der Waals surface area contributed by atoms with Crippen LogP contribution in [0.4, 0.5) is 0 Å². The third-order valence-corrected chi connectivity index (χ3v) is 3.29. The van der Waals surface area contributed by atoms with Gasteiger partial charge in [0, 0.05) is 0 Å². The number of rotatable bonds is 7. The molecule has 0 aliphatic heterocycles. The molecule has 1 rings (SSSR count). The molecule has 0 aromatic heterocycles. The van der Waals surface area contributed by atoms with Gasteiger partial charge in [-0.25, -0.2) is 0 Å². The summed E-state index contributed by atoms with van der Waals surface area (Å²) >= 11 is 4.25. The van der Waals surface area contributed by atoms with Crippen molar-refractivity contribution in [2.75, 3.05) is 12.4 Å². The van der Waals surface area contributed by atoms with E-state index in [-0.39, 0.29) is 0 Å². The normalized spacial score (nSPS) is 12.8. The van der Waals surface area contributed by atoms with E-state index < -0.39 is 0 Å². The Hall–Kier alpha value is -0.630. The average molecular weight is 252 g/mol. The topological polar surface area (TPSA) is 9.23 Å². The Labute approximate surface area is 111 Å². The second kappa shape index (κ2) is 7.65. The first-order valence-electron chi connectivity index (χ1n) is 6.47. The van der Waals surface area contributed by atoms with Gasteiger partial charge < -0.3 is 4.74 Å². The highest BCUT2D eigenvalue weighted by Crippen LogP contribution is 2.26. The molecule has 1 nitrogen and oxygen atoms in total. The Kier molecular flexibility index (Phi) is 6.49. The van der Waals surface area contributed by atoms with Gasteiger partial charge in [0.05, 0.1) is 6.61 Å². The Morgan fingerprint density at radius 1 is 1.12 bits per heavy atom. The molecule has 0 spiro atoms. The lowest BCUT2D eigenvalue weighted by Crippen LogP contribution is -2.06. The minimum absolute atomic E-state index is 0.515. The number of thiol groups is 1. The molecule has 96 valence electrons. The molecule has 1 aromatic rings. The van der Waals surface area contributed by atoms with Crippen LogP contribution in [-0.4, -0.2) is 12.4 Å². The Balaban J connectivity index is 2.46. The van der Waals surface area contributed by atoms with E-state index in [1.54, 1.807) is 0 Å². The molecular weight excluding hydrogens is 228 g/mol. The molecule has 0 heterocycles. The summed E-state index contributed by atoms with van der Waals surface area (Å²) in [7, 11) is 0. The Bertz CT molecular complexity index is 322. The second-order valence-corrected chi connectivity index (χ2v) is 5.39. The zero-order chi connectivity index (χ0) is 12.7. The first-order valence-corrected chi connectivity index (χ1v) is 7.11. The van der Waals surface area contributed by atoms with Crippen LogP contribution in [0, 0.1) is 5.92 Å². The van der Waals surface area contributed by atoms with Gasteiger partial charge in [-0.15, -0.1) is 0 Å². The number of para-hydroxylation sites is 1. The van der Waals surface area contributed by atoms with E-state index in [0.717, 1.165) is 31.0 Å². The van der Waals surface area contributed by atoms with Gasteiger partial charge in [-0.05, 0) is 42.1 Å². The van der Waals surface area contributed by atoms with Gasteiger partial charge in [0.1, 0.15) is 5.75 Å². The molecule has 0 bridgehead atoms. The molecule has 0 saturated heterocycles. The molecule has 1 unspecified atom stereocenters. The van der Waals surface area contributed by atoms with Crippen LogP contribution >= 0.6 is 12.6 Å². The summed E-state index contributed by atoms with van der Waals surface area (Å²) in [4.78, 5) is 0. The largest absolute Gasteiger partial charge is 0.493 e. The van der Waals surface area contributed by atoms with E-state index in [1.165, 1.54) is 5.56 Å². The van der Waals surface area contributed by atoms with Crippen molar-refractivity contribution >= 4 is 12.6 Å². The molecule has 0 aliphatic carbocycles. The van der Waals surface area contributed by atoms with Crippen molar-refractivity contribution in [1.29, 1.82) is 0 Å². The van der Waals surface area contributed by atoms with Gasteiger partial charge in [0.2, 0.25) is 0 Å². The van der Waals surface area contributed by atoms with Crippen molar-refractivity contribution in [3.63, 3.8) is 0 Å². The quantitative estimate of drug-likeness (QED) is 0.701. The van der Waals surface area contributed by atoms with Crippen LogP contribution in [0.25, 0.3) is 0 Å². The van der Waals surface area contributed by atoms with Crippen molar-refractivity contribution < 1.29 is 4.74 Å². The molecule has 1 aromatic carbocycles. The van der Waals surface area contributed by atoms with Crippen LogP contribution in [0.5, 0.6) is 5.75 Å². The Morgan fingerprint density at radius 3 is 2.47 bits per heavy atom. The molecule has 0 saturated carbocycles.